The van der Waals surface area contributed by atoms with Crippen LogP contribution in [0, 0.1) is 0 Å². The number of nitrogens with two attached hydrogens (primary N) is 1. The standard InChI is InChI=1S/C19H17N3O7S/c1-22-16(23)10-7-5-4-6-9(10)13(21-22)18(25)29-8-11-12(17(24)27-2)15(20)30-14(11)19(26)28-3/h4-7H,8,20H2,1-3H3. The maximum absolute atomic E-state index is 12.7. The molecule has 0 bridgehead atoms. The van der Waals surface area contributed by atoms with Gasteiger partial charge in [0.05, 0.1) is 19.6 Å². The van der Waals surface area contributed by atoms with Crippen LogP contribution in [0.3, 0.4) is 0 Å². The van der Waals surface area contributed by atoms with Gasteiger partial charge in [-0.25, -0.2) is 19.1 Å². The maximum atomic E-state index is 12.7. The van der Waals surface area contributed by atoms with Gasteiger partial charge in [-0.2, -0.15) is 5.10 Å². The van der Waals surface area contributed by atoms with E-state index in [0.29, 0.717) is 10.8 Å². The number of aromatic nitrogens is 2. The van der Waals surface area contributed by atoms with Gasteiger partial charge >= 0.3 is 17.9 Å². The molecule has 2 heterocycles. The number of esters is 3. The van der Waals surface area contributed by atoms with E-state index in [1.54, 1.807) is 24.3 Å². The van der Waals surface area contributed by atoms with Crippen LogP contribution in [0.1, 0.15) is 36.1 Å². The number of nitrogen functional groups attached to an aromatic ring is 1. The van der Waals surface area contributed by atoms with Crippen LogP contribution in [-0.4, -0.2) is 41.9 Å². The largest absolute Gasteiger partial charge is 0.465 e. The summed E-state index contributed by atoms with van der Waals surface area (Å²) in [5.41, 5.74) is 5.40. The van der Waals surface area contributed by atoms with E-state index in [1.807, 2.05) is 0 Å². The van der Waals surface area contributed by atoms with Crippen LogP contribution < -0.4 is 11.3 Å². The van der Waals surface area contributed by atoms with Crippen molar-refractivity contribution in [2.24, 2.45) is 7.05 Å². The number of rotatable bonds is 5. The Hall–Kier alpha value is -3.73. The first-order valence-electron chi connectivity index (χ1n) is 8.51. The number of anilines is 1. The van der Waals surface area contributed by atoms with Crippen molar-refractivity contribution >= 4 is 45.0 Å². The van der Waals surface area contributed by atoms with Gasteiger partial charge in [-0.3, -0.25) is 4.79 Å². The van der Waals surface area contributed by atoms with Crippen molar-refractivity contribution in [2.75, 3.05) is 20.0 Å². The van der Waals surface area contributed by atoms with E-state index in [4.69, 9.17) is 19.9 Å². The predicted octanol–water partition coefficient (Wildman–Crippen LogP) is 1.51. The van der Waals surface area contributed by atoms with E-state index in [2.05, 4.69) is 5.10 Å². The van der Waals surface area contributed by atoms with Crippen molar-refractivity contribution in [1.29, 1.82) is 0 Å². The van der Waals surface area contributed by atoms with Crippen molar-refractivity contribution in [2.45, 2.75) is 6.61 Å². The second-order valence-electron chi connectivity index (χ2n) is 6.03. The number of hydrogen-bond donors (Lipinski definition) is 1. The van der Waals surface area contributed by atoms with Gasteiger partial charge in [-0.15, -0.1) is 11.3 Å². The molecule has 3 rings (SSSR count). The molecule has 11 heteroatoms. The Labute approximate surface area is 173 Å². The molecular formula is C19H17N3O7S. The van der Waals surface area contributed by atoms with E-state index < -0.39 is 24.5 Å². The summed E-state index contributed by atoms with van der Waals surface area (Å²) in [7, 11) is 3.75. The highest BCUT2D eigenvalue weighted by atomic mass is 32.1. The number of carbonyl (C=O) groups is 3. The van der Waals surface area contributed by atoms with Crippen LogP contribution in [-0.2, 0) is 27.9 Å². The van der Waals surface area contributed by atoms with Crippen molar-refractivity contribution in [1.82, 2.24) is 9.78 Å². The maximum Gasteiger partial charge on any atom is 0.359 e. The minimum absolute atomic E-state index is 0.0153. The summed E-state index contributed by atoms with van der Waals surface area (Å²) in [6.45, 7) is -0.458. The van der Waals surface area contributed by atoms with Gasteiger partial charge in [0.25, 0.3) is 5.56 Å². The average molecular weight is 431 g/mol. The topological polar surface area (TPSA) is 140 Å². The summed E-state index contributed by atoms with van der Waals surface area (Å²) in [5, 5.41) is 4.63. The summed E-state index contributed by atoms with van der Waals surface area (Å²) in [6.07, 6.45) is 0. The first-order valence-corrected chi connectivity index (χ1v) is 9.32. The molecule has 156 valence electrons. The highest BCUT2D eigenvalue weighted by Gasteiger charge is 2.28. The zero-order valence-electron chi connectivity index (χ0n) is 16.3. The zero-order chi connectivity index (χ0) is 22.0. The number of methoxy groups -OCH3 is 2. The van der Waals surface area contributed by atoms with E-state index in [1.165, 1.54) is 14.2 Å². The molecule has 0 aliphatic carbocycles. The fourth-order valence-electron chi connectivity index (χ4n) is 2.86. The van der Waals surface area contributed by atoms with Crippen LogP contribution in [0.15, 0.2) is 29.1 Å². The van der Waals surface area contributed by atoms with Gasteiger partial charge in [-0.1, -0.05) is 18.2 Å². The number of carbonyl (C=O) groups excluding carboxylic acids is 3. The lowest BCUT2D eigenvalue weighted by molar-refractivity contribution is 0.0446. The highest BCUT2D eigenvalue weighted by Crippen LogP contribution is 2.33. The van der Waals surface area contributed by atoms with Crippen LogP contribution in [0.25, 0.3) is 10.8 Å². The molecule has 30 heavy (non-hydrogen) atoms. The monoisotopic (exact) mass is 431 g/mol. The first kappa shape index (κ1) is 21.0. The van der Waals surface area contributed by atoms with Gasteiger partial charge < -0.3 is 19.9 Å². The third kappa shape index (κ3) is 3.62. The Morgan fingerprint density at radius 2 is 1.70 bits per heavy atom. The number of fused-ring (bicyclic) bond motifs is 1. The first-order chi connectivity index (χ1) is 14.3. The van der Waals surface area contributed by atoms with E-state index in [-0.39, 0.29) is 32.3 Å². The summed E-state index contributed by atoms with van der Waals surface area (Å²) in [6, 6.07) is 6.46. The van der Waals surface area contributed by atoms with Gasteiger partial charge in [0.1, 0.15) is 22.0 Å². The number of hydrogen-bond acceptors (Lipinski definition) is 10. The molecule has 0 radical (unpaired) electrons. The Morgan fingerprint density at radius 3 is 2.33 bits per heavy atom. The van der Waals surface area contributed by atoms with Crippen molar-refractivity contribution in [3.63, 3.8) is 0 Å². The molecule has 0 unspecified atom stereocenters. The van der Waals surface area contributed by atoms with Crippen LogP contribution in [0.5, 0.6) is 0 Å². The van der Waals surface area contributed by atoms with Crippen molar-refractivity contribution < 1.29 is 28.6 Å². The fourth-order valence-corrected chi connectivity index (χ4v) is 3.84. The van der Waals surface area contributed by atoms with Gasteiger partial charge in [0.15, 0.2) is 5.69 Å². The molecule has 0 saturated carbocycles. The minimum atomic E-state index is -0.849. The quantitative estimate of drug-likeness (QED) is 0.470. The number of aryl methyl sites for hydroxylation is 1. The molecule has 0 spiro atoms. The summed E-state index contributed by atoms with van der Waals surface area (Å²) in [5.74, 6) is -2.37. The number of benzene rings is 1. The minimum Gasteiger partial charge on any atom is -0.465 e. The van der Waals surface area contributed by atoms with Gasteiger partial charge in [0.2, 0.25) is 0 Å². The molecule has 10 nitrogen and oxygen atoms in total. The van der Waals surface area contributed by atoms with E-state index in [0.717, 1.165) is 23.1 Å². The van der Waals surface area contributed by atoms with Crippen LogP contribution in [0.2, 0.25) is 0 Å². The smallest absolute Gasteiger partial charge is 0.359 e. The molecule has 3 aromatic rings. The SMILES string of the molecule is COC(=O)c1sc(N)c(C(=O)OC)c1COC(=O)c1nn(C)c(=O)c2ccccc12. The van der Waals surface area contributed by atoms with Crippen LogP contribution in [0.4, 0.5) is 5.00 Å². The summed E-state index contributed by atoms with van der Waals surface area (Å²) >= 11 is 0.822. The van der Waals surface area contributed by atoms with Crippen molar-refractivity contribution in [3.05, 3.63) is 56.3 Å². The molecule has 1 aromatic carbocycles. The summed E-state index contributed by atoms with van der Waals surface area (Å²) < 4.78 is 15.8. The Bertz CT molecular complexity index is 1230. The Kier molecular flexibility index (Phi) is 5.83. The molecule has 2 N–H and O–H groups in total. The molecule has 0 aliphatic heterocycles. The lowest BCUT2D eigenvalue weighted by Crippen LogP contribution is -2.24. The van der Waals surface area contributed by atoms with E-state index >= 15 is 0 Å². The number of ether oxygens (including phenoxy) is 3. The van der Waals surface area contributed by atoms with Crippen molar-refractivity contribution in [3.8, 4) is 0 Å². The molecule has 0 saturated heterocycles. The predicted molar refractivity (Wildman–Crippen MR) is 108 cm³/mol. The second-order valence-corrected chi connectivity index (χ2v) is 7.08. The molecular weight excluding hydrogens is 414 g/mol. The Balaban J connectivity index is 2.00. The molecule has 2 aromatic heterocycles. The third-order valence-electron chi connectivity index (χ3n) is 4.29. The number of nitrogens with zero attached hydrogens (tertiary/aromatic N) is 2. The molecule has 0 amide bonds. The van der Waals surface area contributed by atoms with E-state index in [9.17, 15) is 19.2 Å². The van der Waals surface area contributed by atoms with Gasteiger partial charge in [-0.05, 0) is 6.07 Å². The second kappa shape index (κ2) is 8.33. The Morgan fingerprint density at radius 1 is 1.07 bits per heavy atom. The van der Waals surface area contributed by atoms with Crippen LogP contribution >= 0.6 is 11.3 Å². The summed E-state index contributed by atoms with van der Waals surface area (Å²) in [4.78, 5) is 49.2. The molecule has 0 aliphatic rings. The third-order valence-corrected chi connectivity index (χ3v) is 5.33. The zero-order valence-corrected chi connectivity index (χ0v) is 17.1. The lowest BCUT2D eigenvalue weighted by atomic mass is 10.1. The fraction of sp³-hybridized carbons (Fsp3) is 0.211. The normalized spacial score (nSPS) is 10.6. The van der Waals surface area contributed by atoms with Gasteiger partial charge in [0, 0.05) is 18.0 Å². The molecule has 0 atom stereocenters. The average Bonchev–Trinajstić information content (AvgIpc) is 3.09. The number of thiophene rings is 1. The lowest BCUT2D eigenvalue weighted by Gasteiger charge is -2.10. The highest BCUT2D eigenvalue weighted by molar-refractivity contribution is 7.18. The molecule has 0 fully saturated rings.